The SMILES string of the molecule is Cc1ccc(-c2cc(C(F)(F)F)nn2-c2ccc(S(=O)(=O)NC(=O)[C@@H](N)CCCNC(=N)N)cc2)cc1. The molecule has 37 heavy (non-hydrogen) atoms. The number of sulfonamides is 1. The second kappa shape index (κ2) is 11.0. The van der Waals surface area contributed by atoms with E-state index in [1.807, 2.05) is 11.6 Å². The van der Waals surface area contributed by atoms with Crippen molar-refractivity contribution >= 4 is 21.9 Å². The van der Waals surface area contributed by atoms with Crippen LogP contribution in [0.2, 0.25) is 0 Å². The normalized spacial score (nSPS) is 12.7. The fourth-order valence-corrected chi connectivity index (χ4v) is 4.38. The van der Waals surface area contributed by atoms with Crippen LogP contribution in [0.3, 0.4) is 0 Å². The summed E-state index contributed by atoms with van der Waals surface area (Å²) in [6.45, 7) is 2.14. The van der Waals surface area contributed by atoms with E-state index >= 15 is 0 Å². The molecule has 0 aliphatic heterocycles. The summed E-state index contributed by atoms with van der Waals surface area (Å²) >= 11 is 0. The lowest BCUT2D eigenvalue weighted by Gasteiger charge is -2.13. The maximum Gasteiger partial charge on any atom is 0.435 e. The molecular formula is C23H26F3N7O3S. The van der Waals surface area contributed by atoms with Gasteiger partial charge in [0.15, 0.2) is 11.7 Å². The molecular weight excluding hydrogens is 511 g/mol. The number of carbonyl (C=O) groups is 1. The number of amides is 1. The van der Waals surface area contributed by atoms with Gasteiger partial charge in [-0.1, -0.05) is 29.8 Å². The molecule has 1 aromatic heterocycles. The molecule has 0 fully saturated rings. The van der Waals surface area contributed by atoms with E-state index in [2.05, 4.69) is 10.4 Å². The molecule has 7 N–H and O–H groups in total. The van der Waals surface area contributed by atoms with Crippen LogP contribution >= 0.6 is 0 Å². The quantitative estimate of drug-likeness (QED) is 0.158. The van der Waals surface area contributed by atoms with Gasteiger partial charge in [-0.15, -0.1) is 0 Å². The average Bonchev–Trinajstić information content (AvgIpc) is 3.28. The summed E-state index contributed by atoms with van der Waals surface area (Å²) in [4.78, 5) is 12.0. The summed E-state index contributed by atoms with van der Waals surface area (Å²) in [5.74, 6) is -1.16. The molecule has 198 valence electrons. The Morgan fingerprint density at radius 1 is 1.14 bits per heavy atom. The maximum atomic E-state index is 13.4. The highest BCUT2D eigenvalue weighted by Gasteiger charge is 2.35. The van der Waals surface area contributed by atoms with Gasteiger partial charge >= 0.3 is 6.18 Å². The van der Waals surface area contributed by atoms with Crippen LogP contribution in [0, 0.1) is 12.3 Å². The average molecular weight is 538 g/mol. The summed E-state index contributed by atoms with van der Waals surface area (Å²) in [6.07, 6.45) is -4.17. The Morgan fingerprint density at radius 2 is 1.76 bits per heavy atom. The van der Waals surface area contributed by atoms with Gasteiger partial charge in [-0.2, -0.15) is 18.3 Å². The van der Waals surface area contributed by atoms with E-state index in [0.29, 0.717) is 18.5 Å². The highest BCUT2D eigenvalue weighted by atomic mass is 32.2. The van der Waals surface area contributed by atoms with Gasteiger partial charge in [0.1, 0.15) is 0 Å². The van der Waals surface area contributed by atoms with Crippen LogP contribution in [0.5, 0.6) is 0 Å². The molecule has 10 nitrogen and oxygen atoms in total. The minimum atomic E-state index is -4.68. The smallest absolute Gasteiger partial charge is 0.370 e. The number of hydrogen-bond acceptors (Lipinski definition) is 6. The monoisotopic (exact) mass is 537 g/mol. The molecule has 0 saturated heterocycles. The lowest BCUT2D eigenvalue weighted by atomic mass is 10.1. The first-order chi connectivity index (χ1) is 17.3. The third-order valence-electron chi connectivity index (χ3n) is 5.32. The molecule has 1 amide bonds. The van der Waals surface area contributed by atoms with Gasteiger partial charge < -0.3 is 16.8 Å². The summed E-state index contributed by atoms with van der Waals surface area (Å²) in [5, 5.41) is 13.3. The van der Waals surface area contributed by atoms with E-state index < -0.39 is 33.8 Å². The Hall–Kier alpha value is -3.91. The largest absolute Gasteiger partial charge is 0.435 e. The van der Waals surface area contributed by atoms with Gasteiger partial charge in [0.05, 0.1) is 22.3 Å². The minimum absolute atomic E-state index is 0.142. The first kappa shape index (κ1) is 27.7. The van der Waals surface area contributed by atoms with Gasteiger partial charge in [-0.05, 0) is 50.1 Å². The molecule has 0 unspecified atom stereocenters. The number of aromatic nitrogens is 2. The molecule has 2 aromatic carbocycles. The van der Waals surface area contributed by atoms with Crippen molar-refractivity contribution in [2.24, 2.45) is 11.5 Å². The molecule has 14 heteroatoms. The zero-order valence-corrected chi connectivity index (χ0v) is 20.5. The number of aryl methyl sites for hydroxylation is 1. The van der Waals surface area contributed by atoms with Crippen LogP contribution in [0.4, 0.5) is 13.2 Å². The van der Waals surface area contributed by atoms with Crippen LogP contribution in [0.15, 0.2) is 59.5 Å². The third kappa shape index (κ3) is 7.07. The molecule has 3 rings (SSSR count). The zero-order valence-electron chi connectivity index (χ0n) is 19.7. The fourth-order valence-electron chi connectivity index (χ4n) is 3.36. The molecule has 0 aliphatic rings. The van der Waals surface area contributed by atoms with Crippen LogP contribution < -0.4 is 21.5 Å². The van der Waals surface area contributed by atoms with E-state index in [4.69, 9.17) is 16.9 Å². The highest BCUT2D eigenvalue weighted by Crippen LogP contribution is 2.33. The molecule has 0 spiro atoms. The van der Waals surface area contributed by atoms with E-state index in [-0.39, 0.29) is 28.7 Å². The number of carbonyl (C=O) groups excluding carboxylic acids is 1. The third-order valence-corrected chi connectivity index (χ3v) is 6.68. The van der Waals surface area contributed by atoms with Crippen molar-refractivity contribution in [2.75, 3.05) is 6.54 Å². The van der Waals surface area contributed by atoms with E-state index in [0.717, 1.165) is 28.4 Å². The van der Waals surface area contributed by atoms with Crippen LogP contribution in [0.25, 0.3) is 16.9 Å². The van der Waals surface area contributed by atoms with Crippen molar-refractivity contribution in [3.05, 3.63) is 65.9 Å². The van der Waals surface area contributed by atoms with E-state index in [1.54, 1.807) is 24.3 Å². The number of alkyl halides is 3. The first-order valence-corrected chi connectivity index (χ1v) is 12.5. The Balaban J connectivity index is 1.81. The fraction of sp³-hybridized carbons (Fsp3) is 0.261. The topological polar surface area (TPSA) is 169 Å². The number of guanidine groups is 1. The Bertz CT molecular complexity index is 1370. The molecule has 1 heterocycles. The Morgan fingerprint density at radius 3 is 2.32 bits per heavy atom. The van der Waals surface area contributed by atoms with Crippen molar-refractivity contribution < 1.29 is 26.4 Å². The van der Waals surface area contributed by atoms with Crippen LogP contribution in [0.1, 0.15) is 24.1 Å². The summed E-state index contributed by atoms with van der Waals surface area (Å²) < 4.78 is 68.5. The first-order valence-electron chi connectivity index (χ1n) is 11.0. The number of nitrogens with one attached hydrogen (secondary N) is 3. The van der Waals surface area contributed by atoms with Crippen molar-refractivity contribution in [2.45, 2.75) is 36.9 Å². The van der Waals surface area contributed by atoms with Crippen molar-refractivity contribution in [3.63, 3.8) is 0 Å². The molecule has 0 radical (unpaired) electrons. The standard InChI is InChI=1S/C23H26F3N7O3S/c1-14-4-6-15(7-5-14)19-13-20(23(24,25)26)31-33(19)16-8-10-17(11-9-16)37(35,36)32-21(34)18(27)3-2-12-30-22(28)29/h4-11,13,18H,2-3,12,27H2,1H3,(H,32,34)(H4,28,29,30)/t18-/m0/s1. The van der Waals surface area contributed by atoms with Gasteiger partial charge in [0.25, 0.3) is 15.9 Å². The van der Waals surface area contributed by atoms with Gasteiger partial charge in [-0.25, -0.2) is 17.8 Å². The van der Waals surface area contributed by atoms with Crippen LogP contribution in [-0.4, -0.2) is 42.7 Å². The van der Waals surface area contributed by atoms with E-state index in [9.17, 15) is 26.4 Å². The molecule has 3 aromatic rings. The molecule has 0 bridgehead atoms. The zero-order chi connectivity index (χ0) is 27.4. The number of benzene rings is 2. The van der Waals surface area contributed by atoms with Crippen molar-refractivity contribution in [3.8, 4) is 16.9 Å². The molecule has 0 saturated carbocycles. The Labute approximate surface area is 211 Å². The van der Waals surface area contributed by atoms with Crippen molar-refractivity contribution in [1.29, 1.82) is 5.41 Å². The summed E-state index contributed by atoms with van der Waals surface area (Å²) in [6, 6.07) is 11.5. The van der Waals surface area contributed by atoms with E-state index in [1.165, 1.54) is 12.1 Å². The number of nitrogens with two attached hydrogens (primary N) is 2. The number of halogens is 3. The van der Waals surface area contributed by atoms with Gasteiger partial charge in [-0.3, -0.25) is 10.2 Å². The summed E-state index contributed by atoms with van der Waals surface area (Å²) in [7, 11) is -4.29. The number of rotatable bonds is 9. The second-order valence-electron chi connectivity index (χ2n) is 8.24. The minimum Gasteiger partial charge on any atom is -0.370 e. The van der Waals surface area contributed by atoms with Crippen molar-refractivity contribution in [1.82, 2.24) is 19.8 Å². The lowest BCUT2D eigenvalue weighted by molar-refractivity contribution is -0.141. The number of hydrogen-bond donors (Lipinski definition) is 5. The summed E-state index contributed by atoms with van der Waals surface area (Å²) in [5.41, 5.74) is 11.6. The molecule has 0 aliphatic carbocycles. The Kier molecular flexibility index (Phi) is 8.23. The van der Waals surface area contributed by atoms with Crippen LogP contribution in [-0.2, 0) is 21.0 Å². The predicted molar refractivity (Wildman–Crippen MR) is 131 cm³/mol. The predicted octanol–water partition coefficient (Wildman–Crippen LogP) is 2.26. The van der Waals surface area contributed by atoms with Gasteiger partial charge in [0, 0.05) is 12.1 Å². The van der Waals surface area contributed by atoms with Gasteiger partial charge in [0.2, 0.25) is 0 Å². The second-order valence-corrected chi connectivity index (χ2v) is 9.93. The number of nitrogens with zero attached hydrogens (tertiary/aromatic N) is 2. The maximum absolute atomic E-state index is 13.4. The lowest BCUT2D eigenvalue weighted by Crippen LogP contribution is -2.43. The highest BCUT2D eigenvalue weighted by molar-refractivity contribution is 7.90. The molecule has 1 atom stereocenters.